The van der Waals surface area contributed by atoms with Crippen molar-refractivity contribution < 1.29 is 4.79 Å². The molecule has 0 saturated heterocycles. The molecule has 0 bridgehead atoms. The SMILES string of the molecule is CC1(C)C(=O)Nc2cc(CCN)ccc21. The van der Waals surface area contributed by atoms with Gasteiger partial charge in [-0.25, -0.2) is 0 Å². The van der Waals surface area contributed by atoms with Gasteiger partial charge in [0.15, 0.2) is 0 Å². The second-order valence-electron chi connectivity index (χ2n) is 4.50. The van der Waals surface area contributed by atoms with Gasteiger partial charge in [0.1, 0.15) is 0 Å². The number of hydrogen-bond donors (Lipinski definition) is 2. The number of carbonyl (C=O) groups is 1. The number of hydrogen-bond acceptors (Lipinski definition) is 2. The number of rotatable bonds is 2. The van der Waals surface area contributed by atoms with E-state index in [1.807, 2.05) is 32.0 Å². The number of nitrogens with two attached hydrogens (primary N) is 1. The normalized spacial score (nSPS) is 17.4. The lowest BCUT2D eigenvalue weighted by atomic mass is 9.86. The van der Waals surface area contributed by atoms with Crippen LogP contribution >= 0.6 is 0 Å². The molecule has 2 rings (SSSR count). The highest BCUT2D eigenvalue weighted by molar-refractivity contribution is 6.05. The van der Waals surface area contributed by atoms with E-state index in [1.54, 1.807) is 0 Å². The summed E-state index contributed by atoms with van der Waals surface area (Å²) in [6.45, 7) is 4.52. The van der Waals surface area contributed by atoms with Crippen LogP contribution < -0.4 is 11.1 Å². The van der Waals surface area contributed by atoms with Crippen LogP contribution in [0.15, 0.2) is 18.2 Å². The fraction of sp³-hybridized carbons (Fsp3) is 0.417. The van der Waals surface area contributed by atoms with E-state index in [9.17, 15) is 4.79 Å². The summed E-state index contributed by atoms with van der Waals surface area (Å²) >= 11 is 0. The average molecular weight is 204 g/mol. The predicted molar refractivity (Wildman–Crippen MR) is 60.9 cm³/mol. The molecular weight excluding hydrogens is 188 g/mol. The summed E-state index contributed by atoms with van der Waals surface area (Å²) in [7, 11) is 0. The molecule has 0 radical (unpaired) electrons. The summed E-state index contributed by atoms with van der Waals surface area (Å²) in [5, 5.41) is 2.91. The first-order chi connectivity index (χ1) is 7.05. The number of amides is 1. The Hall–Kier alpha value is -1.35. The van der Waals surface area contributed by atoms with Gasteiger partial charge >= 0.3 is 0 Å². The van der Waals surface area contributed by atoms with Gasteiger partial charge in [0.05, 0.1) is 5.41 Å². The van der Waals surface area contributed by atoms with Crippen LogP contribution in [0.2, 0.25) is 0 Å². The molecule has 3 N–H and O–H groups in total. The number of fused-ring (bicyclic) bond motifs is 1. The van der Waals surface area contributed by atoms with E-state index in [1.165, 1.54) is 5.56 Å². The van der Waals surface area contributed by atoms with Crippen molar-refractivity contribution in [3.05, 3.63) is 29.3 Å². The molecule has 3 nitrogen and oxygen atoms in total. The lowest BCUT2D eigenvalue weighted by Crippen LogP contribution is -2.26. The van der Waals surface area contributed by atoms with Gasteiger partial charge in [0, 0.05) is 5.69 Å². The van der Waals surface area contributed by atoms with E-state index in [4.69, 9.17) is 5.73 Å². The molecule has 0 aromatic heterocycles. The second kappa shape index (κ2) is 3.35. The molecule has 1 amide bonds. The second-order valence-corrected chi connectivity index (χ2v) is 4.50. The molecule has 1 aliphatic heterocycles. The molecule has 0 spiro atoms. The molecule has 15 heavy (non-hydrogen) atoms. The van der Waals surface area contributed by atoms with Crippen LogP contribution in [0.5, 0.6) is 0 Å². The van der Waals surface area contributed by atoms with Crippen molar-refractivity contribution >= 4 is 11.6 Å². The monoisotopic (exact) mass is 204 g/mol. The molecular formula is C12H16N2O. The predicted octanol–water partition coefficient (Wildman–Crippen LogP) is 1.42. The van der Waals surface area contributed by atoms with Crippen molar-refractivity contribution in [2.75, 3.05) is 11.9 Å². The van der Waals surface area contributed by atoms with Crippen molar-refractivity contribution in [3.8, 4) is 0 Å². The molecule has 0 saturated carbocycles. The first kappa shape index (κ1) is 10.2. The van der Waals surface area contributed by atoms with Gasteiger partial charge < -0.3 is 11.1 Å². The first-order valence-electron chi connectivity index (χ1n) is 5.20. The molecule has 1 heterocycles. The number of anilines is 1. The Morgan fingerprint density at radius 3 is 2.80 bits per heavy atom. The molecule has 0 atom stereocenters. The van der Waals surface area contributed by atoms with E-state index >= 15 is 0 Å². The minimum Gasteiger partial charge on any atom is -0.330 e. The van der Waals surface area contributed by atoms with E-state index in [0.29, 0.717) is 6.54 Å². The van der Waals surface area contributed by atoms with E-state index < -0.39 is 5.41 Å². The third-order valence-electron chi connectivity index (χ3n) is 3.01. The highest BCUT2D eigenvalue weighted by Gasteiger charge is 2.37. The summed E-state index contributed by atoms with van der Waals surface area (Å²) < 4.78 is 0. The Labute approximate surface area is 89.7 Å². The maximum Gasteiger partial charge on any atom is 0.234 e. The molecule has 1 aliphatic rings. The maximum atomic E-state index is 11.7. The molecule has 1 aromatic rings. The third-order valence-corrected chi connectivity index (χ3v) is 3.01. The largest absolute Gasteiger partial charge is 0.330 e. The fourth-order valence-electron chi connectivity index (χ4n) is 1.96. The average Bonchev–Trinajstić information content (AvgIpc) is 2.38. The Morgan fingerprint density at radius 1 is 1.40 bits per heavy atom. The molecule has 0 unspecified atom stereocenters. The van der Waals surface area contributed by atoms with Gasteiger partial charge in [0.2, 0.25) is 5.91 Å². The quantitative estimate of drug-likeness (QED) is 0.765. The van der Waals surface area contributed by atoms with Crippen LogP contribution in [-0.4, -0.2) is 12.5 Å². The Bertz CT molecular complexity index is 410. The minimum atomic E-state index is -0.406. The minimum absolute atomic E-state index is 0.0717. The van der Waals surface area contributed by atoms with Gasteiger partial charge in [-0.3, -0.25) is 4.79 Å². The van der Waals surface area contributed by atoms with E-state index in [-0.39, 0.29) is 5.91 Å². The Kier molecular flexibility index (Phi) is 2.27. The van der Waals surface area contributed by atoms with Crippen LogP contribution in [0, 0.1) is 0 Å². The van der Waals surface area contributed by atoms with Crippen LogP contribution in [0.4, 0.5) is 5.69 Å². The zero-order valence-corrected chi connectivity index (χ0v) is 9.13. The van der Waals surface area contributed by atoms with Crippen molar-refractivity contribution in [2.45, 2.75) is 25.7 Å². The summed E-state index contributed by atoms with van der Waals surface area (Å²) in [6.07, 6.45) is 0.851. The molecule has 0 aliphatic carbocycles. The number of benzene rings is 1. The standard InChI is InChI=1S/C12H16N2O/c1-12(2)9-4-3-8(5-6-13)7-10(9)14-11(12)15/h3-4,7H,5-6,13H2,1-2H3,(H,14,15). The van der Waals surface area contributed by atoms with E-state index in [0.717, 1.165) is 17.7 Å². The summed E-state index contributed by atoms with van der Waals surface area (Å²) in [4.78, 5) is 11.7. The van der Waals surface area contributed by atoms with Crippen molar-refractivity contribution in [2.24, 2.45) is 5.73 Å². The van der Waals surface area contributed by atoms with Gasteiger partial charge in [-0.1, -0.05) is 12.1 Å². The van der Waals surface area contributed by atoms with Crippen molar-refractivity contribution in [1.82, 2.24) is 0 Å². The summed E-state index contributed by atoms with van der Waals surface area (Å²) in [5.74, 6) is 0.0717. The number of nitrogens with one attached hydrogen (secondary N) is 1. The van der Waals surface area contributed by atoms with Crippen LogP contribution in [0.3, 0.4) is 0 Å². The smallest absolute Gasteiger partial charge is 0.234 e. The fourth-order valence-corrected chi connectivity index (χ4v) is 1.96. The molecule has 1 aromatic carbocycles. The van der Waals surface area contributed by atoms with Crippen molar-refractivity contribution in [3.63, 3.8) is 0 Å². The van der Waals surface area contributed by atoms with Crippen LogP contribution in [0.25, 0.3) is 0 Å². The molecule has 0 fully saturated rings. The third kappa shape index (κ3) is 1.53. The van der Waals surface area contributed by atoms with Gasteiger partial charge in [-0.2, -0.15) is 0 Å². The highest BCUT2D eigenvalue weighted by atomic mass is 16.2. The lowest BCUT2D eigenvalue weighted by Gasteiger charge is -2.14. The van der Waals surface area contributed by atoms with Crippen LogP contribution in [-0.2, 0) is 16.6 Å². The van der Waals surface area contributed by atoms with Gasteiger partial charge in [-0.05, 0) is 44.0 Å². The summed E-state index contributed by atoms with van der Waals surface area (Å²) in [5.41, 5.74) is 8.29. The highest BCUT2D eigenvalue weighted by Crippen LogP contribution is 2.37. The zero-order valence-electron chi connectivity index (χ0n) is 9.13. The maximum absolute atomic E-state index is 11.7. The zero-order chi connectivity index (χ0) is 11.1. The topological polar surface area (TPSA) is 55.1 Å². The number of carbonyl (C=O) groups excluding carboxylic acids is 1. The van der Waals surface area contributed by atoms with Crippen LogP contribution in [0.1, 0.15) is 25.0 Å². The molecule has 80 valence electrons. The Morgan fingerprint density at radius 2 is 2.13 bits per heavy atom. The van der Waals surface area contributed by atoms with Crippen molar-refractivity contribution in [1.29, 1.82) is 0 Å². The Balaban J connectivity index is 2.42. The first-order valence-corrected chi connectivity index (χ1v) is 5.20. The lowest BCUT2D eigenvalue weighted by molar-refractivity contribution is -0.119. The van der Waals surface area contributed by atoms with Gasteiger partial charge in [0.25, 0.3) is 0 Å². The van der Waals surface area contributed by atoms with E-state index in [2.05, 4.69) is 5.32 Å². The summed E-state index contributed by atoms with van der Waals surface area (Å²) in [6, 6.07) is 6.10. The van der Waals surface area contributed by atoms with Gasteiger partial charge in [-0.15, -0.1) is 0 Å². The molecule has 3 heteroatoms.